The minimum atomic E-state index is -4.55. The molecule has 0 bridgehead atoms. The van der Waals surface area contributed by atoms with Crippen molar-refractivity contribution in [2.24, 2.45) is 0 Å². The van der Waals surface area contributed by atoms with Gasteiger partial charge in [-0.2, -0.15) is 13.2 Å². The van der Waals surface area contributed by atoms with Gasteiger partial charge in [0.1, 0.15) is 12.1 Å². The van der Waals surface area contributed by atoms with E-state index in [1.54, 1.807) is 18.2 Å². The zero-order chi connectivity index (χ0) is 17.3. The van der Waals surface area contributed by atoms with Gasteiger partial charge in [-0.05, 0) is 18.6 Å². The molecule has 1 aromatic heterocycles. The lowest BCUT2D eigenvalue weighted by molar-refractivity contribution is -0.144. The van der Waals surface area contributed by atoms with Crippen LogP contribution in [0.25, 0.3) is 10.9 Å². The number of carbonyl (C=O) groups is 1. The number of carbonyl (C=O) groups excluding carboxylic acids is 1. The molecule has 0 aliphatic carbocycles. The molecule has 1 N–H and O–H groups in total. The first-order valence-electron chi connectivity index (χ1n) is 7.43. The lowest BCUT2D eigenvalue weighted by Crippen LogP contribution is -2.47. The van der Waals surface area contributed by atoms with Crippen molar-refractivity contribution in [3.05, 3.63) is 46.2 Å². The van der Waals surface area contributed by atoms with Crippen LogP contribution in [0, 0.1) is 0 Å². The molecule has 1 aromatic carbocycles. The van der Waals surface area contributed by atoms with Crippen LogP contribution in [0.5, 0.6) is 0 Å². The van der Waals surface area contributed by atoms with Gasteiger partial charge in [0, 0.05) is 23.7 Å². The lowest BCUT2D eigenvalue weighted by Gasteiger charge is -2.28. The number of fused-ring (bicyclic) bond motifs is 1. The van der Waals surface area contributed by atoms with E-state index >= 15 is 0 Å². The number of aromatic nitrogens is 1. The van der Waals surface area contributed by atoms with Gasteiger partial charge in [-0.25, -0.2) is 0 Å². The second-order valence-corrected chi connectivity index (χ2v) is 5.64. The van der Waals surface area contributed by atoms with Crippen molar-refractivity contribution in [3.63, 3.8) is 0 Å². The second kappa shape index (κ2) is 6.27. The van der Waals surface area contributed by atoms with Crippen molar-refractivity contribution in [2.75, 3.05) is 19.8 Å². The molecule has 0 radical (unpaired) electrons. The first-order valence-corrected chi connectivity index (χ1v) is 7.43. The van der Waals surface area contributed by atoms with E-state index in [2.05, 4.69) is 4.98 Å². The number of benzene rings is 1. The average molecular weight is 340 g/mol. The standard InChI is InChI=1S/C16H15F3N2O3/c17-16(18,19)9-21(10-5-6-24-8-10)15(23)12-7-20-13-4-2-1-3-11(13)14(12)22/h1-4,7,10H,5-6,8-9H2,(H,20,22). The van der Waals surface area contributed by atoms with Crippen LogP contribution >= 0.6 is 0 Å². The summed E-state index contributed by atoms with van der Waals surface area (Å²) in [5.41, 5.74) is -0.365. The van der Waals surface area contributed by atoms with E-state index in [9.17, 15) is 22.8 Å². The number of pyridine rings is 1. The van der Waals surface area contributed by atoms with Gasteiger partial charge in [0.15, 0.2) is 0 Å². The van der Waals surface area contributed by atoms with Crippen molar-refractivity contribution < 1.29 is 22.7 Å². The summed E-state index contributed by atoms with van der Waals surface area (Å²) in [6, 6.07) is 5.83. The van der Waals surface area contributed by atoms with E-state index in [0.29, 0.717) is 23.4 Å². The fraction of sp³-hybridized carbons (Fsp3) is 0.375. The Morgan fingerprint density at radius 3 is 2.75 bits per heavy atom. The van der Waals surface area contributed by atoms with Crippen LogP contribution < -0.4 is 5.43 Å². The molecule has 3 rings (SSSR count). The summed E-state index contributed by atoms with van der Waals surface area (Å²) in [6.45, 7) is -1.08. The van der Waals surface area contributed by atoms with Gasteiger partial charge in [-0.15, -0.1) is 0 Å². The first kappa shape index (κ1) is 16.5. The Labute approximate surface area is 135 Å². The monoisotopic (exact) mass is 340 g/mol. The molecule has 128 valence electrons. The average Bonchev–Trinajstić information content (AvgIpc) is 3.06. The molecule has 1 atom stereocenters. The van der Waals surface area contributed by atoms with Gasteiger partial charge in [0.05, 0.1) is 12.6 Å². The first-order chi connectivity index (χ1) is 11.4. The maximum atomic E-state index is 12.9. The zero-order valence-electron chi connectivity index (χ0n) is 12.6. The molecule has 1 unspecified atom stereocenters. The number of hydrogen-bond acceptors (Lipinski definition) is 3. The molecule has 0 spiro atoms. The van der Waals surface area contributed by atoms with Crippen LogP contribution in [-0.2, 0) is 4.74 Å². The molecule has 1 aliphatic rings. The summed E-state index contributed by atoms with van der Waals surface area (Å²) >= 11 is 0. The number of rotatable bonds is 3. The Morgan fingerprint density at radius 2 is 2.08 bits per heavy atom. The van der Waals surface area contributed by atoms with Crippen molar-refractivity contribution >= 4 is 16.8 Å². The van der Waals surface area contributed by atoms with Crippen LogP contribution in [-0.4, -0.2) is 47.8 Å². The maximum absolute atomic E-state index is 12.9. The van der Waals surface area contributed by atoms with Gasteiger partial charge < -0.3 is 14.6 Å². The summed E-state index contributed by atoms with van der Waals surface area (Å²) in [4.78, 5) is 28.6. The van der Waals surface area contributed by atoms with Crippen LogP contribution in [0.2, 0.25) is 0 Å². The third kappa shape index (κ3) is 3.28. The quantitative estimate of drug-likeness (QED) is 0.933. The summed E-state index contributed by atoms with van der Waals surface area (Å²) < 4.78 is 43.7. The third-order valence-electron chi connectivity index (χ3n) is 3.98. The van der Waals surface area contributed by atoms with Gasteiger partial charge >= 0.3 is 6.18 Å². The van der Waals surface area contributed by atoms with Gasteiger partial charge in [0.25, 0.3) is 5.91 Å². The zero-order valence-corrected chi connectivity index (χ0v) is 12.6. The van der Waals surface area contributed by atoms with E-state index < -0.39 is 30.1 Å². The highest BCUT2D eigenvalue weighted by atomic mass is 19.4. The molecule has 24 heavy (non-hydrogen) atoms. The molecule has 5 nitrogen and oxygen atoms in total. The Morgan fingerprint density at radius 1 is 1.33 bits per heavy atom. The van der Waals surface area contributed by atoms with Gasteiger partial charge in [-0.3, -0.25) is 9.59 Å². The van der Waals surface area contributed by atoms with Crippen molar-refractivity contribution in [2.45, 2.75) is 18.6 Å². The molecule has 2 heterocycles. The number of alkyl halides is 3. The summed E-state index contributed by atoms with van der Waals surface area (Å²) in [5, 5.41) is 0.262. The van der Waals surface area contributed by atoms with E-state index in [1.165, 1.54) is 12.3 Å². The SMILES string of the molecule is O=C(c1c[nH]c2ccccc2c1=O)N(CC(F)(F)F)C1CCOC1. The second-order valence-electron chi connectivity index (χ2n) is 5.64. The normalized spacial score (nSPS) is 18.0. The molecule has 8 heteroatoms. The summed E-state index contributed by atoms with van der Waals surface area (Å²) in [6.07, 6.45) is -3.07. The number of amides is 1. The number of aromatic amines is 1. The molecule has 1 amide bonds. The van der Waals surface area contributed by atoms with Crippen LogP contribution in [0.1, 0.15) is 16.8 Å². The van der Waals surface area contributed by atoms with Gasteiger partial charge in [-0.1, -0.05) is 12.1 Å². The third-order valence-corrected chi connectivity index (χ3v) is 3.98. The molecule has 1 saturated heterocycles. The highest BCUT2D eigenvalue weighted by Crippen LogP contribution is 2.23. The predicted molar refractivity (Wildman–Crippen MR) is 80.9 cm³/mol. The molecule has 0 saturated carbocycles. The topological polar surface area (TPSA) is 62.4 Å². The number of nitrogens with one attached hydrogen (secondary N) is 1. The molecular weight excluding hydrogens is 325 g/mol. The number of ether oxygens (including phenoxy) is 1. The van der Waals surface area contributed by atoms with Crippen LogP contribution in [0.3, 0.4) is 0 Å². The van der Waals surface area contributed by atoms with E-state index in [1.807, 2.05) is 0 Å². The fourth-order valence-electron chi connectivity index (χ4n) is 2.81. The number of H-pyrrole nitrogens is 1. The van der Waals surface area contributed by atoms with Crippen LogP contribution in [0.4, 0.5) is 13.2 Å². The highest BCUT2D eigenvalue weighted by Gasteiger charge is 2.38. The van der Waals surface area contributed by atoms with E-state index in [-0.39, 0.29) is 17.6 Å². The number of hydrogen-bond donors (Lipinski definition) is 1. The maximum Gasteiger partial charge on any atom is 0.406 e. The number of para-hydroxylation sites is 1. The Balaban J connectivity index is 2.00. The molecule has 2 aromatic rings. The minimum absolute atomic E-state index is 0.0350. The molecule has 1 aliphatic heterocycles. The van der Waals surface area contributed by atoms with Crippen molar-refractivity contribution in [3.8, 4) is 0 Å². The summed E-state index contributed by atoms with van der Waals surface area (Å²) in [7, 11) is 0. The van der Waals surface area contributed by atoms with E-state index in [0.717, 1.165) is 0 Å². The summed E-state index contributed by atoms with van der Waals surface area (Å²) in [5.74, 6) is -0.935. The van der Waals surface area contributed by atoms with Crippen LogP contribution in [0.15, 0.2) is 35.3 Å². The Kier molecular flexibility index (Phi) is 4.31. The smallest absolute Gasteiger partial charge is 0.379 e. The minimum Gasteiger partial charge on any atom is -0.379 e. The van der Waals surface area contributed by atoms with Gasteiger partial charge in [0.2, 0.25) is 5.43 Å². The molecular formula is C16H15F3N2O3. The Hall–Kier alpha value is -2.35. The predicted octanol–water partition coefficient (Wildman–Crippen LogP) is 2.32. The highest BCUT2D eigenvalue weighted by molar-refractivity contribution is 5.97. The fourth-order valence-corrected chi connectivity index (χ4v) is 2.81. The lowest BCUT2D eigenvalue weighted by atomic mass is 10.1. The number of nitrogens with zero attached hydrogens (tertiary/aromatic N) is 1. The van der Waals surface area contributed by atoms with Crippen molar-refractivity contribution in [1.82, 2.24) is 9.88 Å². The Bertz CT molecular complexity index is 810. The largest absolute Gasteiger partial charge is 0.406 e. The number of halogens is 3. The molecule has 1 fully saturated rings. The van der Waals surface area contributed by atoms with E-state index in [4.69, 9.17) is 4.74 Å². The van der Waals surface area contributed by atoms with Crippen molar-refractivity contribution in [1.29, 1.82) is 0 Å².